The number of non-ortho nitro benzene ring substituents is 2. The molecule has 3 saturated carbocycles. The van der Waals surface area contributed by atoms with Gasteiger partial charge in [0.05, 0.1) is 40.1 Å². The van der Waals surface area contributed by atoms with E-state index < -0.39 is 32.5 Å². The number of ether oxygens (including phenoxy) is 1. The Morgan fingerprint density at radius 3 is 2.37 bits per heavy atom. The quantitative estimate of drug-likeness (QED) is 0.386. The molecule has 1 saturated heterocycles. The van der Waals surface area contributed by atoms with Crippen molar-refractivity contribution in [2.45, 2.75) is 39.2 Å². The number of nitro groups is 2. The molecule has 5 aliphatic rings. The summed E-state index contributed by atoms with van der Waals surface area (Å²) in [6.45, 7) is 5.04. The number of nitro benzene ring substituents is 2. The van der Waals surface area contributed by atoms with Gasteiger partial charge < -0.3 is 10.1 Å². The molecule has 1 aromatic carbocycles. The zero-order valence-corrected chi connectivity index (χ0v) is 19.6. The van der Waals surface area contributed by atoms with Crippen LogP contribution < -0.4 is 5.32 Å². The number of hydrogen-bond acceptors (Lipinski definition) is 7. The van der Waals surface area contributed by atoms with Crippen molar-refractivity contribution in [1.82, 2.24) is 5.32 Å². The van der Waals surface area contributed by atoms with E-state index in [9.17, 15) is 29.8 Å². The molecular formula is C25H27N3O7. The zero-order chi connectivity index (χ0) is 24.9. The van der Waals surface area contributed by atoms with Crippen molar-refractivity contribution in [3.63, 3.8) is 0 Å². The van der Waals surface area contributed by atoms with Crippen molar-refractivity contribution in [3.05, 3.63) is 55.6 Å². The molecule has 7 atom stereocenters. The second kappa shape index (κ2) is 7.19. The number of nitrogens with one attached hydrogen (secondary N) is 1. The summed E-state index contributed by atoms with van der Waals surface area (Å²) in [5.74, 6) is 0.0694. The normalized spacial score (nSPS) is 39.1. The first-order valence-electron chi connectivity index (χ1n) is 12.2. The number of hydrogen-bond donors (Lipinski definition) is 1. The number of Topliss-reactive ketones (excluding diaryl/α,β-unsaturated/α-hetero) is 1. The molecular weight excluding hydrogens is 454 g/mol. The molecule has 4 aliphatic carbocycles. The van der Waals surface area contributed by atoms with Gasteiger partial charge in [-0.2, -0.15) is 0 Å². The Hall–Kier alpha value is -3.14. The van der Waals surface area contributed by atoms with Crippen LogP contribution in [0, 0.1) is 60.6 Å². The van der Waals surface area contributed by atoms with E-state index in [1.807, 2.05) is 6.92 Å². The van der Waals surface area contributed by atoms with E-state index in [1.165, 1.54) is 5.57 Å². The van der Waals surface area contributed by atoms with Crippen LogP contribution in [0.25, 0.3) is 0 Å². The van der Waals surface area contributed by atoms with Gasteiger partial charge in [-0.3, -0.25) is 29.8 Å². The molecule has 1 spiro atoms. The average Bonchev–Trinajstić information content (AvgIpc) is 3.54. The molecule has 4 fully saturated rings. The number of fused-ring (bicyclic) bond motifs is 1. The highest BCUT2D eigenvalue weighted by molar-refractivity contribution is 5.96. The molecule has 10 heteroatoms. The third-order valence-electron chi connectivity index (χ3n) is 9.47. The van der Waals surface area contributed by atoms with Gasteiger partial charge in [-0.1, -0.05) is 25.5 Å². The maximum Gasteiger partial charge on any atom is 0.277 e. The van der Waals surface area contributed by atoms with Gasteiger partial charge >= 0.3 is 0 Å². The fourth-order valence-corrected chi connectivity index (χ4v) is 7.77. The summed E-state index contributed by atoms with van der Waals surface area (Å²) in [5.41, 5.74) is -0.615. The van der Waals surface area contributed by atoms with Gasteiger partial charge in [-0.15, -0.1) is 0 Å². The lowest BCUT2D eigenvalue weighted by Gasteiger charge is -2.62. The van der Waals surface area contributed by atoms with E-state index in [4.69, 9.17) is 4.74 Å². The number of carbonyl (C=O) groups is 2. The number of ketones is 1. The average molecular weight is 482 g/mol. The Balaban J connectivity index is 1.38. The van der Waals surface area contributed by atoms with Gasteiger partial charge in [0.15, 0.2) is 0 Å². The monoisotopic (exact) mass is 481 g/mol. The highest BCUT2D eigenvalue weighted by atomic mass is 16.6. The van der Waals surface area contributed by atoms with E-state index in [-0.39, 0.29) is 46.5 Å². The van der Waals surface area contributed by atoms with Crippen LogP contribution in [0.4, 0.5) is 11.4 Å². The Bertz CT molecular complexity index is 1190. The van der Waals surface area contributed by atoms with E-state index in [1.54, 1.807) is 0 Å². The van der Waals surface area contributed by atoms with E-state index in [2.05, 4.69) is 18.3 Å². The summed E-state index contributed by atoms with van der Waals surface area (Å²) < 4.78 is 5.92. The number of benzene rings is 1. The Morgan fingerprint density at radius 2 is 1.77 bits per heavy atom. The standard InChI is InChI=1S/C25H27N3O7/c1-12-5-19(26-23(30)14-6-15(27(31)32)8-16(7-14)28(33)34)20-17(13-3-4-13)9-18-21(20)25(22(12)29)11-35-10-24(18,25)2/h6-9,12-13,18-21H,3-5,10-11H2,1-2H3,(H,26,30)/t12-,18+,19+,20+,21+,24-,25-/m0/s1. The van der Waals surface area contributed by atoms with Crippen molar-refractivity contribution in [2.24, 2.45) is 40.4 Å². The number of amides is 1. The van der Waals surface area contributed by atoms with E-state index in [0.717, 1.165) is 31.0 Å². The number of nitrogens with zero attached hydrogens (tertiary/aromatic N) is 2. The Kier molecular flexibility index (Phi) is 4.59. The van der Waals surface area contributed by atoms with E-state index >= 15 is 0 Å². The smallest absolute Gasteiger partial charge is 0.277 e. The van der Waals surface area contributed by atoms with Crippen molar-refractivity contribution >= 4 is 23.1 Å². The first kappa shape index (κ1) is 22.3. The molecule has 0 unspecified atom stereocenters. The van der Waals surface area contributed by atoms with Gasteiger partial charge in [-0.05, 0) is 37.0 Å². The highest BCUT2D eigenvalue weighted by Gasteiger charge is 2.79. The molecule has 1 amide bonds. The minimum absolute atomic E-state index is 0.00573. The van der Waals surface area contributed by atoms with Crippen molar-refractivity contribution in [1.29, 1.82) is 0 Å². The first-order chi connectivity index (χ1) is 16.6. The molecule has 0 aromatic heterocycles. The van der Waals surface area contributed by atoms with Crippen LogP contribution in [-0.2, 0) is 9.53 Å². The summed E-state index contributed by atoms with van der Waals surface area (Å²) in [4.78, 5) is 48.3. The van der Waals surface area contributed by atoms with Crippen LogP contribution >= 0.6 is 0 Å². The fraction of sp³-hybridized carbons (Fsp3) is 0.600. The minimum Gasteiger partial charge on any atom is -0.380 e. The molecule has 35 heavy (non-hydrogen) atoms. The number of allylic oxidation sites excluding steroid dienone is 1. The largest absolute Gasteiger partial charge is 0.380 e. The molecule has 1 heterocycles. The lowest BCUT2D eigenvalue weighted by atomic mass is 9.38. The maximum atomic E-state index is 13.8. The molecule has 184 valence electrons. The Labute approximate surface area is 201 Å². The molecule has 1 aliphatic heterocycles. The molecule has 0 bridgehead atoms. The first-order valence-corrected chi connectivity index (χ1v) is 12.2. The zero-order valence-electron chi connectivity index (χ0n) is 19.6. The van der Waals surface area contributed by atoms with Crippen molar-refractivity contribution in [2.75, 3.05) is 13.2 Å². The second-order valence-electron chi connectivity index (χ2n) is 11.2. The molecule has 0 radical (unpaired) electrons. The number of carbonyl (C=O) groups excluding carboxylic acids is 2. The molecule has 1 N–H and O–H groups in total. The van der Waals surface area contributed by atoms with E-state index in [0.29, 0.717) is 25.6 Å². The molecule has 10 nitrogen and oxygen atoms in total. The molecule has 1 aromatic rings. The van der Waals surface area contributed by atoms with Crippen LogP contribution in [0.5, 0.6) is 0 Å². The third kappa shape index (κ3) is 2.86. The lowest BCUT2D eigenvalue weighted by molar-refractivity contribution is -0.394. The van der Waals surface area contributed by atoms with Crippen LogP contribution in [0.1, 0.15) is 43.5 Å². The third-order valence-corrected chi connectivity index (χ3v) is 9.47. The molecule has 6 rings (SSSR count). The van der Waals surface area contributed by atoms with Gasteiger partial charge in [0.25, 0.3) is 17.3 Å². The van der Waals surface area contributed by atoms with Crippen molar-refractivity contribution in [3.8, 4) is 0 Å². The number of rotatable bonds is 5. The van der Waals surface area contributed by atoms with Crippen LogP contribution in [-0.4, -0.2) is 40.8 Å². The topological polar surface area (TPSA) is 142 Å². The second-order valence-corrected chi connectivity index (χ2v) is 11.2. The minimum atomic E-state index is -0.745. The summed E-state index contributed by atoms with van der Waals surface area (Å²) in [6, 6.07) is 2.63. The van der Waals surface area contributed by atoms with Gasteiger partial charge in [0, 0.05) is 35.4 Å². The maximum absolute atomic E-state index is 13.8. The summed E-state index contributed by atoms with van der Waals surface area (Å²) in [7, 11) is 0. The predicted molar refractivity (Wildman–Crippen MR) is 122 cm³/mol. The van der Waals surface area contributed by atoms with Crippen molar-refractivity contribution < 1.29 is 24.2 Å². The van der Waals surface area contributed by atoms with Crippen LogP contribution in [0.2, 0.25) is 0 Å². The summed E-state index contributed by atoms with van der Waals surface area (Å²) in [5, 5.41) is 25.7. The van der Waals surface area contributed by atoms with Gasteiger partial charge in [-0.25, -0.2) is 0 Å². The van der Waals surface area contributed by atoms with Crippen LogP contribution in [0.15, 0.2) is 29.8 Å². The predicted octanol–water partition coefficient (Wildman–Crippen LogP) is 3.45. The highest BCUT2D eigenvalue weighted by Crippen LogP contribution is 2.76. The van der Waals surface area contributed by atoms with Gasteiger partial charge in [0.1, 0.15) is 5.78 Å². The SMILES string of the molecule is C[C@H]1C[C@@H](NC(=O)c2cc([N+](=O)[O-])cc([N+](=O)[O-])c2)[C@H]2C(C3CC3)=C[C@@H]3[C@H]2[C@@]2(COC[C@@]32C)C1=O. The Morgan fingerprint density at radius 1 is 1.11 bits per heavy atom. The van der Waals surface area contributed by atoms with Crippen LogP contribution in [0.3, 0.4) is 0 Å². The summed E-state index contributed by atoms with van der Waals surface area (Å²) >= 11 is 0. The fourth-order valence-electron chi connectivity index (χ4n) is 7.77. The summed E-state index contributed by atoms with van der Waals surface area (Å²) in [6.07, 6.45) is 5.00. The van der Waals surface area contributed by atoms with Gasteiger partial charge in [0.2, 0.25) is 0 Å². The lowest BCUT2D eigenvalue weighted by Crippen LogP contribution is -2.67.